The van der Waals surface area contributed by atoms with Gasteiger partial charge < -0.3 is 0 Å². The summed E-state index contributed by atoms with van der Waals surface area (Å²) < 4.78 is 0. The number of hydrogen-bond acceptors (Lipinski definition) is 0. The first kappa shape index (κ1) is 6.96. The van der Waals surface area contributed by atoms with Gasteiger partial charge in [0.1, 0.15) is 0 Å². The molecule has 0 amide bonds. The van der Waals surface area contributed by atoms with Gasteiger partial charge in [-0.2, -0.15) is 0 Å². The zero-order valence-corrected chi connectivity index (χ0v) is 5.82. The molecule has 0 rings (SSSR count). The summed E-state index contributed by atoms with van der Waals surface area (Å²) in [6, 6.07) is 0. The third-order valence-corrected chi connectivity index (χ3v) is 0.932. The molecular weight excluding hydrogens is 152 g/mol. The van der Waals surface area contributed by atoms with E-state index < -0.39 is 0 Å². The highest BCUT2D eigenvalue weighted by atomic mass is 79.9. The Balaban J connectivity index is 2.92. The molecule has 0 aliphatic heterocycles. The van der Waals surface area contributed by atoms with Gasteiger partial charge in [0.05, 0.1) is 0 Å². The van der Waals surface area contributed by atoms with Gasteiger partial charge in [-0.3, -0.25) is 0 Å². The van der Waals surface area contributed by atoms with Gasteiger partial charge in [-0.1, -0.05) is 34.2 Å². The van der Waals surface area contributed by atoms with Crippen molar-refractivity contribution in [3.05, 3.63) is 24.8 Å². The smallest absolute Gasteiger partial charge is 0.0212 e. The fourth-order valence-corrected chi connectivity index (χ4v) is 0.520. The van der Waals surface area contributed by atoms with Crippen molar-refractivity contribution < 1.29 is 0 Å². The molecule has 0 bridgehead atoms. The average molecular weight is 161 g/mol. The molecule has 0 aliphatic rings. The molecule has 40 valence electrons. The topological polar surface area (TPSA) is 0 Å². The first-order chi connectivity index (χ1) is 3.41. The van der Waals surface area contributed by atoms with Crippen LogP contribution >= 0.6 is 15.9 Å². The van der Waals surface area contributed by atoms with E-state index in [0.29, 0.717) is 0 Å². The highest BCUT2D eigenvalue weighted by Crippen LogP contribution is 1.85. The number of hydrogen-bond donors (Lipinski definition) is 0. The van der Waals surface area contributed by atoms with Gasteiger partial charge in [0.15, 0.2) is 0 Å². The van der Waals surface area contributed by atoms with Crippen molar-refractivity contribution in [3.63, 3.8) is 0 Å². The van der Waals surface area contributed by atoms with Gasteiger partial charge in [-0.25, -0.2) is 0 Å². The molecule has 1 heteroatoms. The lowest BCUT2D eigenvalue weighted by Gasteiger charge is -1.74. The summed E-state index contributed by atoms with van der Waals surface area (Å²) in [7, 11) is 0. The molecule has 7 heavy (non-hydrogen) atoms. The minimum atomic E-state index is 0.945. The Kier molecular flexibility index (Phi) is 5.93. The van der Waals surface area contributed by atoms with E-state index in [-0.39, 0.29) is 0 Å². The van der Waals surface area contributed by atoms with Crippen LogP contribution in [-0.2, 0) is 0 Å². The van der Waals surface area contributed by atoms with Gasteiger partial charge in [0, 0.05) is 5.33 Å². The molecule has 0 radical (unpaired) electrons. The fourth-order valence-electron chi connectivity index (χ4n) is 0.255. The Bertz CT molecular complexity index is 64.6. The molecule has 0 aliphatic carbocycles. The van der Waals surface area contributed by atoms with Gasteiger partial charge in [0.25, 0.3) is 0 Å². The van der Waals surface area contributed by atoms with Crippen LogP contribution in [0.5, 0.6) is 0 Å². The maximum Gasteiger partial charge on any atom is 0.0212 e. The number of rotatable bonds is 3. The van der Waals surface area contributed by atoms with Crippen molar-refractivity contribution in [2.24, 2.45) is 0 Å². The first-order valence-corrected chi connectivity index (χ1v) is 3.36. The highest BCUT2D eigenvalue weighted by molar-refractivity contribution is 9.09. The SMILES string of the molecule is C=CC/C=C\CBr. The van der Waals surface area contributed by atoms with Crippen molar-refractivity contribution in [1.29, 1.82) is 0 Å². The molecule has 0 aromatic heterocycles. The zero-order valence-electron chi connectivity index (χ0n) is 4.23. The van der Waals surface area contributed by atoms with Gasteiger partial charge in [-0.15, -0.1) is 6.58 Å². The van der Waals surface area contributed by atoms with Crippen molar-refractivity contribution in [2.75, 3.05) is 5.33 Å². The Morgan fingerprint density at radius 2 is 2.14 bits per heavy atom. The normalized spacial score (nSPS) is 9.86. The van der Waals surface area contributed by atoms with Gasteiger partial charge in [-0.05, 0) is 6.42 Å². The highest BCUT2D eigenvalue weighted by Gasteiger charge is 1.64. The van der Waals surface area contributed by atoms with Crippen molar-refractivity contribution in [1.82, 2.24) is 0 Å². The van der Waals surface area contributed by atoms with Crippen LogP contribution in [0.4, 0.5) is 0 Å². The Labute approximate surface area is 53.1 Å². The molecule has 0 N–H and O–H groups in total. The summed E-state index contributed by atoms with van der Waals surface area (Å²) in [4.78, 5) is 0. The molecule has 0 heterocycles. The van der Waals surface area contributed by atoms with Crippen molar-refractivity contribution in [2.45, 2.75) is 6.42 Å². The predicted molar refractivity (Wildman–Crippen MR) is 37.7 cm³/mol. The summed E-state index contributed by atoms with van der Waals surface area (Å²) in [6.07, 6.45) is 6.98. The second-order valence-corrected chi connectivity index (χ2v) is 1.80. The summed E-state index contributed by atoms with van der Waals surface area (Å²) >= 11 is 3.26. The summed E-state index contributed by atoms with van der Waals surface area (Å²) in [6.45, 7) is 3.57. The van der Waals surface area contributed by atoms with Gasteiger partial charge in [0.2, 0.25) is 0 Å². The van der Waals surface area contributed by atoms with E-state index in [1.807, 2.05) is 6.08 Å². The van der Waals surface area contributed by atoms with Crippen LogP contribution in [0.3, 0.4) is 0 Å². The van der Waals surface area contributed by atoms with Gasteiger partial charge >= 0.3 is 0 Å². The van der Waals surface area contributed by atoms with Crippen LogP contribution in [0.2, 0.25) is 0 Å². The zero-order chi connectivity index (χ0) is 5.54. The number of alkyl halides is 1. The molecular formula is C6H9Br. The molecule has 0 aromatic rings. The molecule has 0 saturated carbocycles. The largest absolute Gasteiger partial charge is 0.103 e. The lowest BCUT2D eigenvalue weighted by atomic mass is 10.4. The Morgan fingerprint density at radius 1 is 1.43 bits per heavy atom. The van der Waals surface area contributed by atoms with E-state index in [2.05, 4.69) is 34.7 Å². The van der Waals surface area contributed by atoms with Crippen LogP contribution in [-0.4, -0.2) is 5.33 Å². The monoisotopic (exact) mass is 160 g/mol. The minimum absolute atomic E-state index is 0.945. The number of allylic oxidation sites excluding steroid dienone is 3. The Morgan fingerprint density at radius 3 is 2.57 bits per heavy atom. The Hall–Kier alpha value is -0.0400. The molecule has 0 atom stereocenters. The van der Waals surface area contributed by atoms with E-state index in [4.69, 9.17) is 0 Å². The van der Waals surface area contributed by atoms with Crippen LogP contribution in [0.15, 0.2) is 24.8 Å². The molecule has 0 unspecified atom stereocenters. The first-order valence-electron chi connectivity index (χ1n) is 2.23. The van der Waals surface area contributed by atoms with Crippen LogP contribution in [0.1, 0.15) is 6.42 Å². The summed E-state index contributed by atoms with van der Waals surface area (Å²) in [5.41, 5.74) is 0. The second-order valence-electron chi connectivity index (χ2n) is 1.15. The van der Waals surface area contributed by atoms with Crippen LogP contribution in [0, 0.1) is 0 Å². The number of halogens is 1. The standard InChI is InChI=1S/C6H9Br/c1-2-3-4-5-6-7/h2,4-5H,1,3,6H2/b5-4-. The van der Waals surface area contributed by atoms with Crippen molar-refractivity contribution >= 4 is 15.9 Å². The maximum absolute atomic E-state index is 3.57. The molecule has 0 spiro atoms. The predicted octanol–water partition coefficient (Wildman–Crippen LogP) is 2.51. The summed E-state index contributed by atoms with van der Waals surface area (Å²) in [5, 5.41) is 0.945. The van der Waals surface area contributed by atoms with E-state index in [0.717, 1.165) is 11.8 Å². The van der Waals surface area contributed by atoms with Crippen LogP contribution < -0.4 is 0 Å². The molecule has 0 saturated heterocycles. The average Bonchev–Trinajstić information content (AvgIpc) is 1.69. The van der Waals surface area contributed by atoms with Crippen molar-refractivity contribution in [3.8, 4) is 0 Å². The minimum Gasteiger partial charge on any atom is -0.103 e. The van der Waals surface area contributed by atoms with E-state index in [1.54, 1.807) is 0 Å². The van der Waals surface area contributed by atoms with Crippen LogP contribution in [0.25, 0.3) is 0 Å². The third kappa shape index (κ3) is 5.96. The molecule has 0 aromatic carbocycles. The fraction of sp³-hybridized carbons (Fsp3) is 0.333. The maximum atomic E-state index is 3.57. The third-order valence-electron chi connectivity index (χ3n) is 0.559. The second kappa shape index (κ2) is 5.96. The lowest BCUT2D eigenvalue weighted by molar-refractivity contribution is 1.40. The van der Waals surface area contributed by atoms with E-state index in [1.165, 1.54) is 0 Å². The van der Waals surface area contributed by atoms with E-state index >= 15 is 0 Å². The quantitative estimate of drug-likeness (QED) is 0.440. The summed E-state index contributed by atoms with van der Waals surface area (Å²) in [5.74, 6) is 0. The molecule has 0 fully saturated rings. The van der Waals surface area contributed by atoms with E-state index in [9.17, 15) is 0 Å². The molecule has 0 nitrogen and oxygen atoms in total. The lowest BCUT2D eigenvalue weighted by Crippen LogP contribution is -1.57.